The first-order valence-corrected chi connectivity index (χ1v) is 9.08. The van der Waals surface area contributed by atoms with Crippen molar-refractivity contribution in [1.82, 2.24) is 4.98 Å². The number of carboxylic acid groups (broad SMARTS) is 1. The highest BCUT2D eigenvalue weighted by Gasteiger charge is 2.35. The van der Waals surface area contributed by atoms with Crippen LogP contribution in [-0.4, -0.2) is 53.7 Å². The summed E-state index contributed by atoms with van der Waals surface area (Å²) in [6.07, 6.45) is 1.49. The number of thioether (sulfide) groups is 1. The maximum absolute atomic E-state index is 12.2. The van der Waals surface area contributed by atoms with Crippen molar-refractivity contribution in [3.8, 4) is 0 Å². The molecule has 1 unspecified atom stereocenters. The Labute approximate surface area is 122 Å². The molecule has 1 N–H and O–H groups in total. The number of hydrogen-bond donors (Lipinski definition) is 1. The van der Waals surface area contributed by atoms with Crippen LogP contribution in [0.15, 0.2) is 18.3 Å². The first-order chi connectivity index (χ1) is 9.47. The Morgan fingerprint density at radius 1 is 1.60 bits per heavy atom. The number of anilines is 1. The fourth-order valence-corrected chi connectivity index (χ4v) is 5.08. The third-order valence-electron chi connectivity index (χ3n) is 3.19. The zero-order valence-electron chi connectivity index (χ0n) is 11.0. The molecule has 1 fully saturated rings. The van der Waals surface area contributed by atoms with Gasteiger partial charge in [-0.15, -0.1) is 0 Å². The van der Waals surface area contributed by atoms with Gasteiger partial charge in [0.2, 0.25) is 0 Å². The standard InChI is InChI=1S/C12H16N2O4S2/c1-2-20(17,18)10-8-19-7-6-14(10)11-9(12(15)16)4-3-5-13-11/h3-5,10H,2,6-8H2,1H3,(H,15,16). The summed E-state index contributed by atoms with van der Waals surface area (Å²) in [4.78, 5) is 17.0. The molecule has 110 valence electrons. The second-order valence-corrected chi connectivity index (χ2v) is 7.95. The van der Waals surface area contributed by atoms with Gasteiger partial charge in [0.1, 0.15) is 16.8 Å². The van der Waals surface area contributed by atoms with Crippen molar-refractivity contribution in [3.63, 3.8) is 0 Å². The zero-order valence-corrected chi connectivity index (χ0v) is 12.7. The Kier molecular flexibility index (Phi) is 4.54. The fraction of sp³-hybridized carbons (Fsp3) is 0.500. The minimum absolute atomic E-state index is 0.0317. The van der Waals surface area contributed by atoms with Crippen LogP contribution in [0.2, 0.25) is 0 Å². The molecule has 1 aromatic heterocycles. The molecule has 0 spiro atoms. The summed E-state index contributed by atoms with van der Waals surface area (Å²) in [5, 5.41) is 8.51. The summed E-state index contributed by atoms with van der Waals surface area (Å²) in [5.41, 5.74) is 0.0377. The second-order valence-electron chi connectivity index (χ2n) is 4.35. The van der Waals surface area contributed by atoms with Crippen LogP contribution in [0.5, 0.6) is 0 Å². The largest absolute Gasteiger partial charge is 0.478 e. The van der Waals surface area contributed by atoms with E-state index in [1.807, 2.05) is 0 Å². The van der Waals surface area contributed by atoms with E-state index in [4.69, 9.17) is 0 Å². The molecular formula is C12H16N2O4S2. The molecule has 0 saturated carbocycles. The van der Waals surface area contributed by atoms with Gasteiger partial charge in [-0.3, -0.25) is 0 Å². The Balaban J connectivity index is 2.46. The van der Waals surface area contributed by atoms with Crippen LogP contribution in [0.1, 0.15) is 17.3 Å². The van der Waals surface area contributed by atoms with E-state index in [-0.39, 0.29) is 17.1 Å². The molecule has 1 saturated heterocycles. The maximum Gasteiger partial charge on any atom is 0.339 e. The molecule has 0 radical (unpaired) electrons. The molecule has 1 aromatic rings. The van der Waals surface area contributed by atoms with Crippen LogP contribution >= 0.6 is 11.8 Å². The molecule has 2 rings (SSSR count). The van der Waals surface area contributed by atoms with Gasteiger partial charge >= 0.3 is 5.97 Å². The average Bonchev–Trinajstić information content (AvgIpc) is 2.47. The summed E-state index contributed by atoms with van der Waals surface area (Å²) in [7, 11) is -3.29. The van der Waals surface area contributed by atoms with Crippen molar-refractivity contribution in [2.45, 2.75) is 12.3 Å². The number of carboxylic acids is 1. The third-order valence-corrected chi connectivity index (χ3v) is 6.48. The zero-order chi connectivity index (χ0) is 14.8. The number of rotatable bonds is 4. The molecule has 20 heavy (non-hydrogen) atoms. The van der Waals surface area contributed by atoms with E-state index >= 15 is 0 Å². The Morgan fingerprint density at radius 3 is 3.00 bits per heavy atom. The van der Waals surface area contributed by atoms with E-state index in [0.717, 1.165) is 5.75 Å². The van der Waals surface area contributed by atoms with E-state index < -0.39 is 21.2 Å². The van der Waals surface area contributed by atoms with Gasteiger partial charge in [0, 0.05) is 30.0 Å². The number of hydrogen-bond acceptors (Lipinski definition) is 6. The second kappa shape index (κ2) is 6.01. The topological polar surface area (TPSA) is 87.6 Å². The molecule has 0 bridgehead atoms. The number of aromatic carboxylic acids is 1. The van der Waals surface area contributed by atoms with Crippen molar-refractivity contribution >= 4 is 33.4 Å². The van der Waals surface area contributed by atoms with E-state index in [1.165, 1.54) is 18.3 Å². The molecule has 1 aliphatic heterocycles. The number of sulfone groups is 1. The molecule has 0 amide bonds. The summed E-state index contributed by atoms with van der Waals surface area (Å²) >= 11 is 1.56. The summed E-state index contributed by atoms with van der Waals surface area (Å²) < 4.78 is 24.4. The lowest BCUT2D eigenvalue weighted by Gasteiger charge is -2.36. The molecule has 8 heteroatoms. The fourth-order valence-electron chi connectivity index (χ4n) is 2.11. The lowest BCUT2D eigenvalue weighted by Crippen LogP contribution is -2.48. The van der Waals surface area contributed by atoms with E-state index in [2.05, 4.69) is 4.98 Å². The van der Waals surface area contributed by atoms with Crippen LogP contribution in [0.25, 0.3) is 0 Å². The summed E-state index contributed by atoms with van der Waals surface area (Å²) in [6.45, 7) is 2.08. The van der Waals surface area contributed by atoms with Gasteiger partial charge in [-0.2, -0.15) is 11.8 Å². The lowest BCUT2D eigenvalue weighted by atomic mass is 10.2. The molecule has 1 atom stereocenters. The molecule has 1 aliphatic rings. The van der Waals surface area contributed by atoms with Gasteiger partial charge in [-0.1, -0.05) is 6.92 Å². The minimum atomic E-state index is -3.29. The molecule has 0 aromatic carbocycles. The Hall–Kier alpha value is -1.28. The van der Waals surface area contributed by atoms with Gasteiger partial charge in [-0.25, -0.2) is 18.2 Å². The normalized spacial score (nSPS) is 19.9. The smallest absolute Gasteiger partial charge is 0.339 e. The molecule has 2 heterocycles. The van der Waals surface area contributed by atoms with E-state index in [0.29, 0.717) is 12.3 Å². The minimum Gasteiger partial charge on any atom is -0.478 e. The predicted molar refractivity (Wildman–Crippen MR) is 79.1 cm³/mol. The van der Waals surface area contributed by atoms with Crippen molar-refractivity contribution in [3.05, 3.63) is 23.9 Å². The number of carbonyl (C=O) groups is 1. The van der Waals surface area contributed by atoms with Crippen molar-refractivity contribution in [2.75, 3.05) is 28.7 Å². The Morgan fingerprint density at radius 2 is 2.35 bits per heavy atom. The van der Waals surface area contributed by atoms with Crippen LogP contribution in [-0.2, 0) is 9.84 Å². The van der Waals surface area contributed by atoms with Gasteiger partial charge < -0.3 is 10.0 Å². The number of nitrogens with zero attached hydrogens (tertiary/aromatic N) is 2. The van der Waals surface area contributed by atoms with Gasteiger partial charge in [0.05, 0.1) is 0 Å². The first kappa shape index (κ1) is 15.1. The molecule has 6 nitrogen and oxygen atoms in total. The maximum atomic E-state index is 12.2. The first-order valence-electron chi connectivity index (χ1n) is 6.21. The highest BCUT2D eigenvalue weighted by molar-refractivity contribution is 8.01. The predicted octanol–water partition coefficient (Wildman–Crippen LogP) is 1.09. The number of pyridine rings is 1. The molecule has 0 aliphatic carbocycles. The molecular weight excluding hydrogens is 300 g/mol. The third kappa shape index (κ3) is 2.90. The summed E-state index contributed by atoms with van der Waals surface area (Å²) in [5.74, 6) is 0.363. The Bertz CT molecular complexity index is 603. The van der Waals surface area contributed by atoms with Crippen LogP contribution in [0.3, 0.4) is 0 Å². The van der Waals surface area contributed by atoms with Crippen LogP contribution in [0.4, 0.5) is 5.82 Å². The lowest BCUT2D eigenvalue weighted by molar-refractivity contribution is 0.0697. The highest BCUT2D eigenvalue weighted by atomic mass is 32.2. The quantitative estimate of drug-likeness (QED) is 0.889. The average molecular weight is 316 g/mol. The van der Waals surface area contributed by atoms with Crippen molar-refractivity contribution < 1.29 is 18.3 Å². The van der Waals surface area contributed by atoms with Crippen LogP contribution < -0.4 is 4.90 Å². The number of aromatic nitrogens is 1. The SMILES string of the molecule is CCS(=O)(=O)C1CSCCN1c1ncccc1C(=O)O. The highest BCUT2D eigenvalue weighted by Crippen LogP contribution is 2.28. The monoisotopic (exact) mass is 316 g/mol. The van der Waals surface area contributed by atoms with Gasteiger partial charge in [0.15, 0.2) is 9.84 Å². The van der Waals surface area contributed by atoms with Crippen molar-refractivity contribution in [1.29, 1.82) is 0 Å². The summed E-state index contributed by atoms with van der Waals surface area (Å²) in [6, 6.07) is 2.98. The van der Waals surface area contributed by atoms with Crippen molar-refractivity contribution in [2.24, 2.45) is 0 Å². The van der Waals surface area contributed by atoms with Gasteiger partial charge in [0.25, 0.3) is 0 Å². The van der Waals surface area contributed by atoms with E-state index in [9.17, 15) is 18.3 Å². The van der Waals surface area contributed by atoms with Gasteiger partial charge in [-0.05, 0) is 12.1 Å². The van der Waals surface area contributed by atoms with E-state index in [1.54, 1.807) is 23.6 Å². The van der Waals surface area contributed by atoms with Crippen LogP contribution in [0, 0.1) is 0 Å².